The zero-order valence-electron chi connectivity index (χ0n) is 12.4. The maximum Gasteiger partial charge on any atom is 0.119 e. The average molecular weight is 262 g/mol. The first-order chi connectivity index (χ1) is 9.21. The summed E-state index contributed by atoms with van der Waals surface area (Å²) in [6.45, 7) is 7.17. The molecule has 2 N–H and O–H groups in total. The molecular weight excluding hydrogens is 236 g/mol. The summed E-state index contributed by atoms with van der Waals surface area (Å²) >= 11 is 0. The van der Waals surface area contributed by atoms with Crippen LogP contribution >= 0.6 is 0 Å². The Morgan fingerprint density at radius 3 is 2.63 bits per heavy atom. The number of ether oxygens (including phenoxy) is 1. The van der Waals surface area contributed by atoms with Crippen LogP contribution in [0.25, 0.3) is 0 Å². The van der Waals surface area contributed by atoms with E-state index in [4.69, 9.17) is 10.5 Å². The molecule has 3 heteroatoms. The summed E-state index contributed by atoms with van der Waals surface area (Å²) in [5, 5.41) is 0. The first-order valence-electron chi connectivity index (χ1n) is 7.34. The fourth-order valence-electron chi connectivity index (χ4n) is 3.54. The quantitative estimate of drug-likeness (QED) is 0.886. The molecule has 0 heterocycles. The molecule has 1 aliphatic rings. The standard InChI is InChI=1S/C16H26N2O/c1-4-18(5-2)16(12-17)10-6-7-13-8-9-14(19-3)11-15(13)16/h8-9,11H,4-7,10,12,17H2,1-3H3. The fraction of sp³-hybridized carbons (Fsp3) is 0.625. The van der Waals surface area contributed by atoms with Crippen LogP contribution in [0.2, 0.25) is 0 Å². The van der Waals surface area contributed by atoms with Gasteiger partial charge in [-0.25, -0.2) is 0 Å². The molecule has 1 aliphatic carbocycles. The summed E-state index contributed by atoms with van der Waals surface area (Å²) < 4.78 is 5.41. The van der Waals surface area contributed by atoms with E-state index >= 15 is 0 Å². The van der Waals surface area contributed by atoms with E-state index in [2.05, 4.69) is 36.9 Å². The molecule has 3 nitrogen and oxygen atoms in total. The first-order valence-corrected chi connectivity index (χ1v) is 7.34. The third-order valence-electron chi connectivity index (χ3n) is 4.56. The van der Waals surface area contributed by atoms with Crippen molar-refractivity contribution in [3.8, 4) is 5.75 Å². The second kappa shape index (κ2) is 5.93. The summed E-state index contributed by atoms with van der Waals surface area (Å²) in [5.74, 6) is 0.936. The van der Waals surface area contributed by atoms with Crippen LogP contribution in [0.4, 0.5) is 0 Å². The number of hydrogen-bond acceptors (Lipinski definition) is 3. The smallest absolute Gasteiger partial charge is 0.119 e. The van der Waals surface area contributed by atoms with Crippen LogP contribution in [0.1, 0.15) is 37.8 Å². The zero-order chi connectivity index (χ0) is 13.9. The first kappa shape index (κ1) is 14.4. The van der Waals surface area contributed by atoms with Crippen LogP contribution in [-0.2, 0) is 12.0 Å². The van der Waals surface area contributed by atoms with Crippen LogP contribution in [0, 0.1) is 0 Å². The third-order valence-corrected chi connectivity index (χ3v) is 4.56. The Hall–Kier alpha value is -1.06. The van der Waals surface area contributed by atoms with Crippen molar-refractivity contribution in [2.45, 2.75) is 38.6 Å². The molecule has 0 spiro atoms. The molecule has 2 rings (SSSR count). The van der Waals surface area contributed by atoms with Crippen molar-refractivity contribution in [1.29, 1.82) is 0 Å². The van der Waals surface area contributed by atoms with Gasteiger partial charge in [0.25, 0.3) is 0 Å². The van der Waals surface area contributed by atoms with E-state index in [1.807, 2.05) is 0 Å². The Bertz CT molecular complexity index is 429. The molecule has 0 aromatic heterocycles. The van der Waals surface area contributed by atoms with E-state index in [1.165, 1.54) is 17.5 Å². The molecule has 0 amide bonds. The van der Waals surface area contributed by atoms with Crippen molar-refractivity contribution >= 4 is 0 Å². The Balaban J connectivity index is 2.53. The molecular formula is C16H26N2O. The number of nitrogens with zero attached hydrogens (tertiary/aromatic N) is 1. The normalized spacial score (nSPS) is 22.4. The Morgan fingerprint density at radius 2 is 2.05 bits per heavy atom. The van der Waals surface area contributed by atoms with Gasteiger partial charge < -0.3 is 10.5 Å². The summed E-state index contributed by atoms with van der Waals surface area (Å²) in [6.07, 6.45) is 3.51. The van der Waals surface area contributed by atoms with Gasteiger partial charge in [-0.1, -0.05) is 19.9 Å². The average Bonchev–Trinajstić information content (AvgIpc) is 2.48. The van der Waals surface area contributed by atoms with Crippen LogP contribution in [0.3, 0.4) is 0 Å². The van der Waals surface area contributed by atoms with Gasteiger partial charge in [-0.3, -0.25) is 4.90 Å². The highest BCUT2D eigenvalue weighted by Crippen LogP contribution is 2.40. The fourth-order valence-corrected chi connectivity index (χ4v) is 3.54. The molecule has 0 radical (unpaired) electrons. The van der Waals surface area contributed by atoms with Crippen molar-refractivity contribution in [2.75, 3.05) is 26.7 Å². The van der Waals surface area contributed by atoms with Gasteiger partial charge in [-0.2, -0.15) is 0 Å². The van der Waals surface area contributed by atoms with Crippen molar-refractivity contribution in [3.05, 3.63) is 29.3 Å². The molecule has 19 heavy (non-hydrogen) atoms. The second-order valence-electron chi connectivity index (χ2n) is 5.28. The Morgan fingerprint density at radius 1 is 1.32 bits per heavy atom. The van der Waals surface area contributed by atoms with Crippen molar-refractivity contribution in [1.82, 2.24) is 4.90 Å². The third kappa shape index (κ3) is 2.37. The summed E-state index contributed by atoms with van der Waals surface area (Å²) in [5.41, 5.74) is 9.02. The highest BCUT2D eigenvalue weighted by atomic mass is 16.5. The monoisotopic (exact) mass is 262 g/mol. The summed E-state index contributed by atoms with van der Waals surface area (Å²) in [4.78, 5) is 2.50. The van der Waals surface area contributed by atoms with E-state index < -0.39 is 0 Å². The lowest BCUT2D eigenvalue weighted by atomic mass is 9.75. The van der Waals surface area contributed by atoms with E-state index in [0.29, 0.717) is 6.54 Å². The van der Waals surface area contributed by atoms with Gasteiger partial charge in [-0.05, 0) is 55.6 Å². The van der Waals surface area contributed by atoms with E-state index in [0.717, 1.165) is 31.7 Å². The Labute approximate surface area is 116 Å². The number of likely N-dealkylation sites (N-methyl/N-ethyl adjacent to an activating group) is 1. The van der Waals surface area contributed by atoms with E-state index in [1.54, 1.807) is 7.11 Å². The van der Waals surface area contributed by atoms with Crippen molar-refractivity contribution < 1.29 is 4.74 Å². The van der Waals surface area contributed by atoms with Gasteiger partial charge in [0.1, 0.15) is 5.75 Å². The van der Waals surface area contributed by atoms with Gasteiger partial charge in [0, 0.05) is 6.54 Å². The van der Waals surface area contributed by atoms with Crippen molar-refractivity contribution in [3.63, 3.8) is 0 Å². The molecule has 106 valence electrons. The van der Waals surface area contributed by atoms with Crippen LogP contribution in [-0.4, -0.2) is 31.6 Å². The number of nitrogens with two attached hydrogens (primary N) is 1. The molecule has 0 bridgehead atoms. The number of methoxy groups -OCH3 is 1. The van der Waals surface area contributed by atoms with Gasteiger partial charge in [-0.15, -0.1) is 0 Å². The minimum Gasteiger partial charge on any atom is -0.497 e. The maximum absolute atomic E-state index is 6.21. The topological polar surface area (TPSA) is 38.5 Å². The predicted molar refractivity (Wildman–Crippen MR) is 79.6 cm³/mol. The van der Waals surface area contributed by atoms with Gasteiger partial charge >= 0.3 is 0 Å². The minimum absolute atomic E-state index is 0.00831. The maximum atomic E-state index is 6.21. The molecule has 1 aromatic carbocycles. The second-order valence-corrected chi connectivity index (χ2v) is 5.28. The lowest BCUT2D eigenvalue weighted by molar-refractivity contribution is 0.0854. The number of aryl methyl sites for hydroxylation is 1. The molecule has 0 aliphatic heterocycles. The molecule has 0 saturated heterocycles. The Kier molecular flexibility index (Phi) is 4.48. The molecule has 0 saturated carbocycles. The molecule has 0 fully saturated rings. The summed E-state index contributed by atoms with van der Waals surface area (Å²) in [6, 6.07) is 6.47. The highest BCUT2D eigenvalue weighted by Gasteiger charge is 2.39. The highest BCUT2D eigenvalue weighted by molar-refractivity contribution is 5.42. The lowest BCUT2D eigenvalue weighted by Gasteiger charge is -2.46. The minimum atomic E-state index is -0.00831. The van der Waals surface area contributed by atoms with Crippen LogP contribution < -0.4 is 10.5 Å². The molecule has 1 aromatic rings. The number of benzene rings is 1. The molecule has 1 unspecified atom stereocenters. The van der Waals surface area contributed by atoms with Gasteiger partial charge in [0.05, 0.1) is 12.6 Å². The number of fused-ring (bicyclic) bond motifs is 1. The largest absolute Gasteiger partial charge is 0.497 e. The zero-order valence-corrected chi connectivity index (χ0v) is 12.4. The lowest BCUT2D eigenvalue weighted by Crippen LogP contribution is -2.53. The van der Waals surface area contributed by atoms with E-state index in [-0.39, 0.29) is 5.54 Å². The van der Waals surface area contributed by atoms with E-state index in [9.17, 15) is 0 Å². The van der Waals surface area contributed by atoms with Crippen LogP contribution in [0.5, 0.6) is 5.75 Å². The SMILES string of the molecule is CCN(CC)C1(CN)CCCc2ccc(OC)cc21. The van der Waals surface area contributed by atoms with Gasteiger partial charge in [0.15, 0.2) is 0 Å². The number of rotatable bonds is 5. The molecule has 1 atom stereocenters. The van der Waals surface area contributed by atoms with Crippen molar-refractivity contribution in [2.24, 2.45) is 5.73 Å². The van der Waals surface area contributed by atoms with Crippen LogP contribution in [0.15, 0.2) is 18.2 Å². The number of hydrogen-bond donors (Lipinski definition) is 1. The van der Waals surface area contributed by atoms with Gasteiger partial charge in [0.2, 0.25) is 0 Å². The predicted octanol–water partition coefficient (Wildman–Crippen LogP) is 2.53. The summed E-state index contributed by atoms with van der Waals surface area (Å²) in [7, 11) is 1.73.